The summed E-state index contributed by atoms with van der Waals surface area (Å²) in [7, 11) is -3.52. The van der Waals surface area contributed by atoms with Crippen molar-refractivity contribution in [3.8, 4) is 0 Å². The Labute approximate surface area is 199 Å². The summed E-state index contributed by atoms with van der Waals surface area (Å²) >= 11 is 1.68. The molecule has 1 aliphatic carbocycles. The van der Waals surface area contributed by atoms with Gasteiger partial charge in [-0.05, 0) is 73.9 Å². The van der Waals surface area contributed by atoms with Gasteiger partial charge in [0.25, 0.3) is 0 Å². The molecule has 0 unspecified atom stereocenters. The Hall–Kier alpha value is -2.29. The molecule has 0 spiro atoms. The molecule has 1 saturated heterocycles. The van der Waals surface area contributed by atoms with Gasteiger partial charge >= 0.3 is 0 Å². The number of piperazine rings is 1. The largest absolute Gasteiger partial charge is 0.340 e. The van der Waals surface area contributed by atoms with Gasteiger partial charge in [-0.3, -0.25) is 4.79 Å². The number of aromatic nitrogens is 1. The Morgan fingerprint density at radius 2 is 1.73 bits per heavy atom. The van der Waals surface area contributed by atoms with E-state index >= 15 is 0 Å². The molecular weight excluding hydrogens is 454 g/mol. The molecule has 5 rings (SSSR count). The van der Waals surface area contributed by atoms with E-state index in [2.05, 4.69) is 11.1 Å². The van der Waals surface area contributed by atoms with E-state index in [0.717, 1.165) is 42.6 Å². The molecule has 3 aromatic rings. The first-order valence-corrected chi connectivity index (χ1v) is 14.0. The van der Waals surface area contributed by atoms with Gasteiger partial charge in [0, 0.05) is 32.6 Å². The molecule has 0 N–H and O–H groups in total. The fourth-order valence-corrected chi connectivity index (χ4v) is 7.26. The normalized spacial score (nSPS) is 17.3. The fraction of sp³-hybridized carbons (Fsp3) is 0.440. The van der Waals surface area contributed by atoms with Crippen molar-refractivity contribution in [1.82, 2.24) is 14.2 Å². The SMILES string of the molecule is O=C(CCCc1nc2ccccc2s1)N1CCN(S(=O)(=O)c2ccc3c(c2)CCCC3)CC1. The number of hydrogen-bond donors (Lipinski definition) is 0. The minimum atomic E-state index is -3.52. The number of benzene rings is 2. The van der Waals surface area contributed by atoms with Crippen LogP contribution in [-0.4, -0.2) is 54.7 Å². The first kappa shape index (κ1) is 22.5. The van der Waals surface area contributed by atoms with Gasteiger partial charge in [0.1, 0.15) is 0 Å². The lowest BCUT2D eigenvalue weighted by Crippen LogP contribution is -2.50. The van der Waals surface area contributed by atoms with Crippen LogP contribution in [0, 0.1) is 0 Å². The number of aryl methyl sites for hydroxylation is 3. The van der Waals surface area contributed by atoms with E-state index in [4.69, 9.17) is 0 Å². The summed E-state index contributed by atoms with van der Waals surface area (Å²) in [4.78, 5) is 19.5. The zero-order valence-electron chi connectivity index (χ0n) is 18.7. The van der Waals surface area contributed by atoms with Crippen molar-refractivity contribution in [3.05, 3.63) is 58.6 Å². The molecule has 2 aromatic carbocycles. The number of hydrogen-bond acceptors (Lipinski definition) is 5. The van der Waals surface area contributed by atoms with E-state index in [1.165, 1.54) is 26.6 Å². The standard InChI is InChI=1S/C25H29N3O3S2/c29-25(11-5-10-24-26-22-8-3-4-9-23(22)32-24)27-14-16-28(17-15-27)33(30,31)21-13-12-19-6-1-2-7-20(19)18-21/h3-4,8-9,12-13,18H,1-2,5-7,10-11,14-17H2. The lowest BCUT2D eigenvalue weighted by Gasteiger charge is -2.34. The molecule has 0 radical (unpaired) electrons. The Bertz CT molecular complexity index is 1230. The zero-order chi connectivity index (χ0) is 22.8. The third-order valence-corrected chi connectivity index (χ3v) is 9.66. The van der Waals surface area contributed by atoms with Gasteiger partial charge in [-0.25, -0.2) is 13.4 Å². The van der Waals surface area contributed by atoms with E-state index in [-0.39, 0.29) is 5.91 Å². The van der Waals surface area contributed by atoms with Crippen LogP contribution >= 0.6 is 11.3 Å². The Balaban J connectivity index is 1.13. The minimum absolute atomic E-state index is 0.0990. The summed E-state index contributed by atoms with van der Waals surface area (Å²) in [5.74, 6) is 0.0990. The lowest BCUT2D eigenvalue weighted by atomic mass is 9.92. The predicted octanol–water partition coefficient (Wildman–Crippen LogP) is 4.03. The quantitative estimate of drug-likeness (QED) is 0.531. The molecule has 8 heteroatoms. The van der Waals surface area contributed by atoms with E-state index < -0.39 is 10.0 Å². The minimum Gasteiger partial charge on any atom is -0.340 e. The summed E-state index contributed by atoms with van der Waals surface area (Å²) in [6.45, 7) is 1.60. The number of thiazole rings is 1. The van der Waals surface area contributed by atoms with Crippen LogP contribution < -0.4 is 0 Å². The van der Waals surface area contributed by atoms with Crippen molar-refractivity contribution in [3.63, 3.8) is 0 Å². The smallest absolute Gasteiger partial charge is 0.243 e. The van der Waals surface area contributed by atoms with Crippen LogP contribution in [0.1, 0.15) is 41.8 Å². The highest BCUT2D eigenvalue weighted by molar-refractivity contribution is 7.89. The number of amides is 1. The summed E-state index contributed by atoms with van der Waals surface area (Å²) in [6, 6.07) is 13.7. The molecule has 1 aliphatic heterocycles. The number of fused-ring (bicyclic) bond motifs is 2. The summed E-state index contributed by atoms with van der Waals surface area (Å²) in [5, 5.41) is 1.06. The van der Waals surface area contributed by atoms with Gasteiger partial charge in [-0.2, -0.15) is 4.31 Å². The molecule has 1 fully saturated rings. The van der Waals surface area contributed by atoms with E-state index in [9.17, 15) is 13.2 Å². The van der Waals surface area contributed by atoms with Gasteiger partial charge in [-0.15, -0.1) is 11.3 Å². The zero-order valence-corrected chi connectivity index (χ0v) is 20.3. The third-order valence-electron chi connectivity index (χ3n) is 6.67. The molecule has 2 heterocycles. The number of nitrogens with zero attached hydrogens (tertiary/aromatic N) is 3. The summed E-state index contributed by atoms with van der Waals surface area (Å²) in [6.07, 6.45) is 6.30. The second-order valence-electron chi connectivity index (χ2n) is 8.85. The molecule has 1 amide bonds. The Morgan fingerprint density at radius 1 is 0.970 bits per heavy atom. The highest BCUT2D eigenvalue weighted by Gasteiger charge is 2.30. The van der Waals surface area contributed by atoms with Gasteiger partial charge in [0.15, 0.2) is 0 Å². The molecule has 174 valence electrons. The monoisotopic (exact) mass is 483 g/mol. The van der Waals surface area contributed by atoms with Crippen molar-refractivity contribution in [2.75, 3.05) is 26.2 Å². The van der Waals surface area contributed by atoms with Crippen molar-refractivity contribution in [2.24, 2.45) is 0 Å². The second kappa shape index (κ2) is 9.52. The Morgan fingerprint density at radius 3 is 2.52 bits per heavy atom. The molecular formula is C25H29N3O3S2. The van der Waals surface area contributed by atoms with Crippen LogP contribution in [-0.2, 0) is 34.1 Å². The van der Waals surface area contributed by atoms with Crippen molar-refractivity contribution >= 4 is 37.5 Å². The van der Waals surface area contributed by atoms with Crippen LogP contribution in [0.4, 0.5) is 0 Å². The first-order valence-electron chi connectivity index (χ1n) is 11.7. The second-order valence-corrected chi connectivity index (χ2v) is 11.9. The van der Waals surface area contributed by atoms with Gasteiger partial charge in [0.05, 0.1) is 20.1 Å². The topological polar surface area (TPSA) is 70.6 Å². The van der Waals surface area contributed by atoms with Crippen LogP contribution in [0.3, 0.4) is 0 Å². The average Bonchev–Trinajstić information content (AvgIpc) is 3.26. The van der Waals surface area contributed by atoms with Crippen molar-refractivity contribution in [2.45, 2.75) is 49.8 Å². The maximum Gasteiger partial charge on any atom is 0.243 e. The van der Waals surface area contributed by atoms with Crippen LogP contribution in [0.2, 0.25) is 0 Å². The fourth-order valence-electron chi connectivity index (χ4n) is 4.77. The number of carbonyl (C=O) groups excluding carboxylic acids is 1. The van der Waals surface area contributed by atoms with Crippen LogP contribution in [0.25, 0.3) is 10.2 Å². The number of para-hydroxylation sites is 1. The summed E-state index contributed by atoms with van der Waals surface area (Å²) in [5.41, 5.74) is 3.46. The van der Waals surface area contributed by atoms with E-state index in [1.807, 2.05) is 30.3 Å². The van der Waals surface area contributed by atoms with Gasteiger partial charge in [-0.1, -0.05) is 18.2 Å². The number of sulfonamides is 1. The van der Waals surface area contributed by atoms with Crippen molar-refractivity contribution < 1.29 is 13.2 Å². The highest BCUT2D eigenvalue weighted by atomic mass is 32.2. The maximum atomic E-state index is 13.2. The van der Waals surface area contributed by atoms with Crippen LogP contribution in [0.15, 0.2) is 47.4 Å². The van der Waals surface area contributed by atoms with Crippen LogP contribution in [0.5, 0.6) is 0 Å². The first-order chi connectivity index (χ1) is 16.0. The average molecular weight is 484 g/mol. The third kappa shape index (κ3) is 4.83. The highest BCUT2D eigenvalue weighted by Crippen LogP contribution is 2.27. The van der Waals surface area contributed by atoms with Gasteiger partial charge < -0.3 is 4.90 Å². The molecule has 0 bridgehead atoms. The predicted molar refractivity (Wildman–Crippen MR) is 131 cm³/mol. The maximum absolute atomic E-state index is 13.2. The number of carbonyl (C=O) groups is 1. The molecule has 0 atom stereocenters. The summed E-state index contributed by atoms with van der Waals surface area (Å²) < 4.78 is 29.0. The molecule has 0 saturated carbocycles. The van der Waals surface area contributed by atoms with E-state index in [0.29, 0.717) is 37.5 Å². The van der Waals surface area contributed by atoms with Crippen molar-refractivity contribution in [1.29, 1.82) is 0 Å². The molecule has 2 aliphatic rings. The van der Waals surface area contributed by atoms with Gasteiger partial charge in [0.2, 0.25) is 15.9 Å². The van der Waals surface area contributed by atoms with E-state index in [1.54, 1.807) is 22.3 Å². The molecule has 6 nitrogen and oxygen atoms in total. The molecule has 1 aromatic heterocycles. The Kier molecular flexibility index (Phi) is 6.49. The number of rotatable bonds is 6. The molecule has 33 heavy (non-hydrogen) atoms. The lowest BCUT2D eigenvalue weighted by molar-refractivity contribution is -0.132.